The molecular formula is C15H20ClN3O. The number of halogens is 1. The second kappa shape index (κ2) is 5.62. The lowest BCUT2D eigenvalue weighted by molar-refractivity contribution is 0.186. The molecule has 2 heterocycles. The molecule has 1 N–H and O–H groups in total. The van der Waals surface area contributed by atoms with Crippen LogP contribution in [0.2, 0.25) is 5.02 Å². The number of likely N-dealkylation sites (N-methyl/N-ethyl adjacent to an activating group) is 1. The number of anilines is 1. The van der Waals surface area contributed by atoms with Gasteiger partial charge in [0.2, 0.25) is 0 Å². The van der Waals surface area contributed by atoms with Gasteiger partial charge >= 0.3 is 6.03 Å². The van der Waals surface area contributed by atoms with E-state index in [0.717, 1.165) is 38.0 Å². The van der Waals surface area contributed by atoms with E-state index in [-0.39, 0.29) is 6.03 Å². The molecule has 4 nitrogen and oxygen atoms in total. The number of amides is 2. The van der Waals surface area contributed by atoms with Crippen LogP contribution in [0.25, 0.3) is 0 Å². The zero-order valence-electron chi connectivity index (χ0n) is 11.7. The predicted octanol–water partition coefficient (Wildman–Crippen LogP) is 3.04. The summed E-state index contributed by atoms with van der Waals surface area (Å²) in [6.45, 7) is 2.04. The molecule has 0 saturated carbocycles. The van der Waals surface area contributed by atoms with Gasteiger partial charge in [0.05, 0.1) is 0 Å². The van der Waals surface area contributed by atoms with Gasteiger partial charge < -0.3 is 15.1 Å². The maximum absolute atomic E-state index is 12.6. The number of hydrogen-bond acceptors (Lipinski definition) is 2. The zero-order valence-corrected chi connectivity index (χ0v) is 12.4. The third-order valence-electron chi connectivity index (χ3n) is 4.30. The minimum atomic E-state index is 0.00932. The number of likely N-dealkylation sites (tertiary alicyclic amines) is 1. The topological polar surface area (TPSA) is 35.6 Å². The van der Waals surface area contributed by atoms with Crippen LogP contribution in [0.15, 0.2) is 24.3 Å². The van der Waals surface area contributed by atoms with Crippen molar-refractivity contribution >= 4 is 23.3 Å². The number of urea groups is 1. The van der Waals surface area contributed by atoms with Gasteiger partial charge in [-0.15, -0.1) is 0 Å². The van der Waals surface area contributed by atoms with Gasteiger partial charge in [0.15, 0.2) is 0 Å². The molecule has 108 valence electrons. The number of nitrogens with one attached hydrogen (secondary N) is 1. The maximum atomic E-state index is 12.6. The van der Waals surface area contributed by atoms with Crippen molar-refractivity contribution in [1.29, 1.82) is 0 Å². The van der Waals surface area contributed by atoms with E-state index in [0.29, 0.717) is 17.1 Å². The number of fused-ring (bicyclic) bond motifs is 2. The molecular weight excluding hydrogens is 274 g/mol. The first-order chi connectivity index (χ1) is 9.63. The molecule has 0 aromatic heterocycles. The molecule has 1 aromatic carbocycles. The largest absolute Gasteiger partial charge is 0.322 e. The summed E-state index contributed by atoms with van der Waals surface area (Å²) in [4.78, 5) is 16.9. The average Bonchev–Trinajstić information content (AvgIpc) is 2.70. The van der Waals surface area contributed by atoms with Gasteiger partial charge in [-0.3, -0.25) is 0 Å². The fourth-order valence-corrected chi connectivity index (χ4v) is 3.52. The van der Waals surface area contributed by atoms with E-state index in [1.807, 2.05) is 23.1 Å². The van der Waals surface area contributed by atoms with Gasteiger partial charge in [-0.25, -0.2) is 4.79 Å². The molecule has 2 saturated heterocycles. The zero-order chi connectivity index (χ0) is 14.1. The second-order valence-corrected chi connectivity index (χ2v) is 6.22. The quantitative estimate of drug-likeness (QED) is 0.864. The smallest absolute Gasteiger partial charge is 0.317 e. The van der Waals surface area contributed by atoms with E-state index in [2.05, 4.69) is 17.3 Å². The molecule has 0 aliphatic carbocycles. The monoisotopic (exact) mass is 293 g/mol. The molecule has 2 aliphatic heterocycles. The molecule has 2 amide bonds. The summed E-state index contributed by atoms with van der Waals surface area (Å²) in [6.07, 6.45) is 3.30. The highest BCUT2D eigenvalue weighted by molar-refractivity contribution is 6.30. The van der Waals surface area contributed by atoms with Crippen LogP contribution in [-0.4, -0.2) is 48.1 Å². The van der Waals surface area contributed by atoms with Crippen molar-refractivity contribution in [3.8, 4) is 0 Å². The van der Waals surface area contributed by atoms with Gasteiger partial charge in [-0.05, 0) is 51.1 Å². The van der Waals surface area contributed by atoms with Crippen molar-refractivity contribution in [2.45, 2.75) is 31.3 Å². The number of nitrogens with zero attached hydrogens (tertiary/aromatic N) is 2. The van der Waals surface area contributed by atoms with Crippen molar-refractivity contribution in [2.24, 2.45) is 0 Å². The Morgan fingerprint density at radius 3 is 2.90 bits per heavy atom. The predicted molar refractivity (Wildman–Crippen MR) is 81.2 cm³/mol. The van der Waals surface area contributed by atoms with Crippen molar-refractivity contribution < 1.29 is 4.79 Å². The van der Waals surface area contributed by atoms with Crippen LogP contribution < -0.4 is 5.32 Å². The van der Waals surface area contributed by atoms with Crippen LogP contribution in [0.3, 0.4) is 0 Å². The number of hydrogen-bond donors (Lipinski definition) is 1. The van der Waals surface area contributed by atoms with Crippen molar-refractivity contribution in [1.82, 2.24) is 9.80 Å². The highest BCUT2D eigenvalue weighted by Gasteiger charge is 2.39. The third-order valence-corrected chi connectivity index (χ3v) is 4.53. The van der Waals surface area contributed by atoms with E-state index in [9.17, 15) is 4.79 Å². The fourth-order valence-electron chi connectivity index (χ4n) is 3.33. The Morgan fingerprint density at radius 1 is 1.30 bits per heavy atom. The Kier molecular flexibility index (Phi) is 3.85. The first-order valence-corrected chi connectivity index (χ1v) is 7.55. The van der Waals surface area contributed by atoms with E-state index in [1.165, 1.54) is 0 Å². The summed E-state index contributed by atoms with van der Waals surface area (Å²) in [6, 6.07) is 8.04. The molecule has 2 aliphatic rings. The normalized spacial score (nSPS) is 26.4. The Bertz CT molecular complexity index is 508. The first kappa shape index (κ1) is 13.7. The standard InChI is InChI=1S/C15H20ClN3O/c1-18-8-7-13-5-6-14(10-18)19(13)15(20)17-12-4-2-3-11(16)9-12/h2-4,9,13-14H,5-8,10H2,1H3,(H,17,20). The molecule has 1 aromatic rings. The van der Waals surface area contributed by atoms with E-state index in [4.69, 9.17) is 11.6 Å². The molecule has 0 spiro atoms. The molecule has 2 fully saturated rings. The Morgan fingerprint density at radius 2 is 2.10 bits per heavy atom. The highest BCUT2D eigenvalue weighted by Crippen LogP contribution is 2.30. The van der Waals surface area contributed by atoms with Crippen LogP contribution in [0.5, 0.6) is 0 Å². The van der Waals surface area contributed by atoms with Crippen molar-refractivity contribution in [3.05, 3.63) is 29.3 Å². The summed E-state index contributed by atoms with van der Waals surface area (Å²) < 4.78 is 0. The lowest BCUT2D eigenvalue weighted by Crippen LogP contribution is -2.45. The SMILES string of the molecule is CN1CCC2CCC(C1)N2C(=O)Nc1cccc(Cl)c1. The summed E-state index contributed by atoms with van der Waals surface area (Å²) in [5.74, 6) is 0. The summed E-state index contributed by atoms with van der Waals surface area (Å²) >= 11 is 5.96. The molecule has 2 atom stereocenters. The molecule has 5 heteroatoms. The number of rotatable bonds is 1. The average molecular weight is 294 g/mol. The molecule has 2 bridgehead atoms. The Labute approximate surface area is 124 Å². The van der Waals surface area contributed by atoms with Crippen LogP contribution >= 0.6 is 11.6 Å². The first-order valence-electron chi connectivity index (χ1n) is 7.17. The lowest BCUT2D eigenvalue weighted by atomic mass is 10.1. The van der Waals surface area contributed by atoms with Crippen LogP contribution in [0.1, 0.15) is 19.3 Å². The van der Waals surface area contributed by atoms with Crippen LogP contribution in [0, 0.1) is 0 Å². The third kappa shape index (κ3) is 2.76. The number of carbonyl (C=O) groups excluding carboxylic acids is 1. The van der Waals surface area contributed by atoms with Crippen molar-refractivity contribution in [2.75, 3.05) is 25.5 Å². The van der Waals surface area contributed by atoms with Crippen LogP contribution in [-0.2, 0) is 0 Å². The van der Waals surface area contributed by atoms with Gasteiger partial charge in [-0.1, -0.05) is 17.7 Å². The van der Waals surface area contributed by atoms with E-state index < -0.39 is 0 Å². The Hall–Kier alpha value is -1.26. The summed E-state index contributed by atoms with van der Waals surface area (Å²) in [7, 11) is 2.13. The number of benzene rings is 1. The van der Waals surface area contributed by atoms with Crippen LogP contribution in [0.4, 0.5) is 10.5 Å². The molecule has 20 heavy (non-hydrogen) atoms. The van der Waals surface area contributed by atoms with Gasteiger partial charge in [-0.2, -0.15) is 0 Å². The maximum Gasteiger partial charge on any atom is 0.322 e. The minimum Gasteiger partial charge on any atom is -0.317 e. The second-order valence-electron chi connectivity index (χ2n) is 5.78. The molecule has 0 radical (unpaired) electrons. The molecule has 3 rings (SSSR count). The fraction of sp³-hybridized carbons (Fsp3) is 0.533. The number of carbonyl (C=O) groups is 1. The van der Waals surface area contributed by atoms with Gasteiger partial charge in [0.25, 0.3) is 0 Å². The summed E-state index contributed by atoms with van der Waals surface area (Å²) in [5.41, 5.74) is 0.763. The summed E-state index contributed by atoms with van der Waals surface area (Å²) in [5, 5.41) is 3.62. The highest BCUT2D eigenvalue weighted by atomic mass is 35.5. The molecule has 2 unspecified atom stereocenters. The Balaban J connectivity index is 1.73. The van der Waals surface area contributed by atoms with E-state index >= 15 is 0 Å². The van der Waals surface area contributed by atoms with Gasteiger partial charge in [0, 0.05) is 29.3 Å². The van der Waals surface area contributed by atoms with E-state index in [1.54, 1.807) is 6.07 Å². The van der Waals surface area contributed by atoms with Gasteiger partial charge in [0.1, 0.15) is 0 Å². The minimum absolute atomic E-state index is 0.00932. The lowest BCUT2D eigenvalue weighted by Gasteiger charge is -2.28. The van der Waals surface area contributed by atoms with Crippen molar-refractivity contribution in [3.63, 3.8) is 0 Å².